The minimum absolute atomic E-state index is 0.0241. The Bertz CT molecular complexity index is 939. The van der Waals surface area contributed by atoms with Crippen LogP contribution in [0.5, 0.6) is 0 Å². The maximum absolute atomic E-state index is 12.9. The van der Waals surface area contributed by atoms with E-state index >= 15 is 0 Å². The lowest BCUT2D eigenvalue weighted by Gasteiger charge is -2.25. The Morgan fingerprint density at radius 1 is 0.808 bits per heavy atom. The number of carbonyl (C=O) groups is 4. The zero-order valence-electron chi connectivity index (χ0n) is 13.7. The third-order valence-electron chi connectivity index (χ3n) is 4.07. The monoisotopic (exact) mass is 374 g/mol. The zero-order valence-corrected chi connectivity index (χ0v) is 14.5. The Morgan fingerprint density at radius 2 is 1.27 bits per heavy atom. The molecular formula is C17H14N2O6S. The van der Waals surface area contributed by atoms with Crippen molar-refractivity contribution in [3.63, 3.8) is 0 Å². The number of hydrogen-bond acceptors (Lipinski definition) is 6. The molecule has 1 aromatic rings. The van der Waals surface area contributed by atoms with Crippen molar-refractivity contribution in [1.82, 2.24) is 4.90 Å². The highest BCUT2D eigenvalue weighted by Crippen LogP contribution is 2.27. The summed E-state index contributed by atoms with van der Waals surface area (Å²) in [7, 11) is -4.03. The smallest absolute Gasteiger partial charge is 0.258 e. The largest absolute Gasteiger partial charge is 0.269 e. The van der Waals surface area contributed by atoms with Gasteiger partial charge in [0.2, 0.25) is 0 Å². The predicted molar refractivity (Wildman–Crippen MR) is 90.3 cm³/mol. The van der Waals surface area contributed by atoms with Crippen LogP contribution in [0.25, 0.3) is 0 Å². The molecule has 26 heavy (non-hydrogen) atoms. The minimum atomic E-state index is -4.03. The molecule has 4 amide bonds. The van der Waals surface area contributed by atoms with Crippen molar-refractivity contribution >= 4 is 39.2 Å². The lowest BCUT2D eigenvalue weighted by atomic mass is 10.3. The summed E-state index contributed by atoms with van der Waals surface area (Å²) in [4.78, 5) is 48.5. The number of benzene rings is 1. The van der Waals surface area contributed by atoms with Crippen molar-refractivity contribution in [2.24, 2.45) is 0 Å². The van der Waals surface area contributed by atoms with Crippen LogP contribution in [0.1, 0.15) is 13.3 Å². The predicted octanol–water partition coefficient (Wildman–Crippen LogP) is 0.551. The molecule has 2 aliphatic rings. The molecule has 3 rings (SSSR count). The zero-order chi connectivity index (χ0) is 19.1. The molecule has 9 heteroatoms. The summed E-state index contributed by atoms with van der Waals surface area (Å²) in [5.74, 6) is -2.39. The van der Waals surface area contributed by atoms with Gasteiger partial charge in [0.15, 0.2) is 9.84 Å². The fourth-order valence-corrected chi connectivity index (χ4v) is 4.59. The molecular weight excluding hydrogens is 360 g/mol. The van der Waals surface area contributed by atoms with Crippen LogP contribution in [0.15, 0.2) is 53.5 Å². The Kier molecular flexibility index (Phi) is 4.33. The molecule has 134 valence electrons. The summed E-state index contributed by atoms with van der Waals surface area (Å²) in [5, 5.41) is -1.33. The molecule has 0 fully saturated rings. The average molecular weight is 374 g/mol. The van der Waals surface area contributed by atoms with Gasteiger partial charge < -0.3 is 0 Å². The van der Waals surface area contributed by atoms with E-state index in [1.807, 2.05) is 0 Å². The third kappa shape index (κ3) is 2.76. The van der Waals surface area contributed by atoms with Gasteiger partial charge in [0.25, 0.3) is 23.6 Å². The molecule has 1 atom stereocenters. The highest BCUT2D eigenvalue weighted by molar-refractivity contribution is 7.92. The van der Waals surface area contributed by atoms with E-state index in [4.69, 9.17) is 0 Å². The molecule has 1 aromatic carbocycles. The molecule has 0 saturated carbocycles. The Hall–Kier alpha value is -3.07. The topological polar surface area (TPSA) is 109 Å². The first kappa shape index (κ1) is 17.7. The first-order valence-electron chi connectivity index (χ1n) is 7.72. The summed E-state index contributed by atoms with van der Waals surface area (Å²) in [6, 6.07) is 5.14. The van der Waals surface area contributed by atoms with Crippen LogP contribution >= 0.6 is 0 Å². The second-order valence-corrected chi connectivity index (χ2v) is 7.73. The molecule has 0 radical (unpaired) electrons. The van der Waals surface area contributed by atoms with Crippen LogP contribution in [0.2, 0.25) is 0 Å². The van der Waals surface area contributed by atoms with Gasteiger partial charge in [-0.3, -0.25) is 24.1 Å². The summed E-state index contributed by atoms with van der Waals surface area (Å²) in [6.45, 7) is 1.56. The van der Waals surface area contributed by atoms with Crippen LogP contribution in [-0.4, -0.2) is 42.3 Å². The van der Waals surface area contributed by atoms with Gasteiger partial charge in [-0.1, -0.05) is 6.92 Å². The number of nitrogens with zero attached hydrogens (tertiary/aromatic N) is 2. The van der Waals surface area contributed by atoms with Crippen molar-refractivity contribution in [2.75, 3.05) is 4.90 Å². The molecule has 0 N–H and O–H groups in total. The maximum atomic E-state index is 12.9. The summed E-state index contributed by atoms with van der Waals surface area (Å²) in [6.07, 6.45) is 4.33. The van der Waals surface area contributed by atoms with E-state index < -0.39 is 38.8 Å². The van der Waals surface area contributed by atoms with Gasteiger partial charge in [0, 0.05) is 24.3 Å². The molecule has 0 aliphatic carbocycles. The molecule has 0 bridgehead atoms. The van der Waals surface area contributed by atoms with E-state index in [0.29, 0.717) is 4.90 Å². The van der Waals surface area contributed by atoms with Gasteiger partial charge in [0.05, 0.1) is 10.6 Å². The highest BCUT2D eigenvalue weighted by Gasteiger charge is 2.39. The number of carbonyl (C=O) groups excluding carboxylic acids is 4. The van der Waals surface area contributed by atoms with Crippen LogP contribution < -0.4 is 4.90 Å². The second kappa shape index (κ2) is 6.34. The summed E-state index contributed by atoms with van der Waals surface area (Å²) < 4.78 is 25.7. The highest BCUT2D eigenvalue weighted by atomic mass is 32.2. The van der Waals surface area contributed by atoms with Crippen LogP contribution in [-0.2, 0) is 29.0 Å². The van der Waals surface area contributed by atoms with Crippen molar-refractivity contribution in [3.8, 4) is 0 Å². The first-order chi connectivity index (χ1) is 12.3. The fraction of sp³-hybridized carbons (Fsp3) is 0.176. The van der Waals surface area contributed by atoms with Crippen LogP contribution in [0, 0.1) is 0 Å². The molecule has 0 aromatic heterocycles. The van der Waals surface area contributed by atoms with E-state index in [1.54, 1.807) is 6.92 Å². The van der Waals surface area contributed by atoms with Gasteiger partial charge in [-0.2, -0.15) is 0 Å². The SMILES string of the molecule is CCC(N1C(=O)C=CC1=O)S(=O)(=O)c1ccc(N2C(=O)C=CC2=O)cc1. The van der Waals surface area contributed by atoms with Crippen molar-refractivity contribution < 1.29 is 27.6 Å². The van der Waals surface area contributed by atoms with Gasteiger partial charge in [0.1, 0.15) is 5.37 Å². The molecule has 1 unspecified atom stereocenters. The standard InChI is InChI=1S/C17H14N2O6S/c1-2-17(19-15(22)9-10-16(19)23)26(24,25)12-5-3-11(4-6-12)18-13(20)7-8-14(18)21/h3-10,17H,2H2,1H3. The Balaban J connectivity index is 1.92. The summed E-state index contributed by atoms with van der Waals surface area (Å²) >= 11 is 0. The Labute approximate surface area is 149 Å². The molecule has 8 nitrogen and oxygen atoms in total. The molecule has 2 heterocycles. The number of rotatable bonds is 5. The van der Waals surface area contributed by atoms with Crippen molar-refractivity contribution in [2.45, 2.75) is 23.6 Å². The number of amides is 4. The molecule has 0 saturated heterocycles. The average Bonchev–Trinajstić information content (AvgIpc) is 3.11. The number of hydrogen-bond donors (Lipinski definition) is 0. The summed E-state index contributed by atoms with van der Waals surface area (Å²) in [5.41, 5.74) is 0.229. The lowest BCUT2D eigenvalue weighted by molar-refractivity contribution is -0.137. The van der Waals surface area contributed by atoms with E-state index in [2.05, 4.69) is 0 Å². The minimum Gasteiger partial charge on any atom is -0.269 e. The molecule has 0 spiro atoms. The van der Waals surface area contributed by atoms with Crippen LogP contribution in [0.4, 0.5) is 5.69 Å². The van der Waals surface area contributed by atoms with Crippen LogP contribution in [0.3, 0.4) is 0 Å². The fourth-order valence-electron chi connectivity index (χ4n) is 2.83. The number of anilines is 1. The van der Waals surface area contributed by atoms with Gasteiger partial charge in [-0.25, -0.2) is 13.3 Å². The number of imide groups is 2. The number of sulfone groups is 1. The third-order valence-corrected chi connectivity index (χ3v) is 6.26. The Morgan fingerprint density at radius 3 is 1.73 bits per heavy atom. The van der Waals surface area contributed by atoms with Gasteiger partial charge in [-0.05, 0) is 30.7 Å². The van der Waals surface area contributed by atoms with Crippen molar-refractivity contribution in [3.05, 3.63) is 48.6 Å². The van der Waals surface area contributed by atoms with Crippen molar-refractivity contribution in [1.29, 1.82) is 0 Å². The van der Waals surface area contributed by atoms with Gasteiger partial charge in [-0.15, -0.1) is 0 Å². The quantitative estimate of drug-likeness (QED) is 0.697. The lowest BCUT2D eigenvalue weighted by Crippen LogP contribution is -2.44. The molecule has 2 aliphatic heterocycles. The van der Waals surface area contributed by atoms with E-state index in [1.165, 1.54) is 24.3 Å². The second-order valence-electron chi connectivity index (χ2n) is 5.63. The van der Waals surface area contributed by atoms with E-state index in [-0.39, 0.29) is 17.0 Å². The van der Waals surface area contributed by atoms with E-state index in [9.17, 15) is 27.6 Å². The maximum Gasteiger partial charge on any atom is 0.258 e. The van der Waals surface area contributed by atoms with E-state index in [0.717, 1.165) is 29.2 Å². The first-order valence-corrected chi connectivity index (χ1v) is 9.27. The normalized spacial score (nSPS) is 18.3. The van der Waals surface area contributed by atoms with Gasteiger partial charge >= 0.3 is 0 Å².